The van der Waals surface area contributed by atoms with Gasteiger partial charge >= 0.3 is 12.2 Å². The van der Waals surface area contributed by atoms with Crippen molar-refractivity contribution in [2.75, 3.05) is 20.6 Å². The molecule has 508 valence electrons. The zero-order chi connectivity index (χ0) is 68.9. The number of aryl methyl sites for hydroxylation is 4. The molecule has 20 nitrogen and oxygen atoms in total. The first-order valence-corrected chi connectivity index (χ1v) is 33.4. The predicted octanol–water partition coefficient (Wildman–Crippen LogP) is 9.38. The van der Waals surface area contributed by atoms with Crippen molar-refractivity contribution < 1.29 is 52.6 Å². The zero-order valence-electron chi connectivity index (χ0n) is 58.1. The third-order valence-electron chi connectivity index (χ3n) is 18.6. The van der Waals surface area contributed by atoms with Gasteiger partial charge in [-0.3, -0.25) is 43.4 Å². The molecule has 2 aliphatic carbocycles. The van der Waals surface area contributed by atoms with E-state index in [2.05, 4.69) is 44.8 Å². The van der Waals surface area contributed by atoms with Gasteiger partial charge in [0.05, 0.1) is 12.1 Å². The van der Waals surface area contributed by atoms with Crippen molar-refractivity contribution in [3.8, 4) is 0 Å². The lowest BCUT2D eigenvalue weighted by molar-refractivity contribution is -0.147. The van der Waals surface area contributed by atoms with Crippen LogP contribution in [0.2, 0.25) is 0 Å². The Kier molecular flexibility index (Phi) is 22.2. The van der Waals surface area contributed by atoms with Gasteiger partial charge in [-0.05, 0) is 181 Å². The van der Waals surface area contributed by atoms with Crippen LogP contribution in [0.5, 0.6) is 0 Å². The average molecular weight is 1290 g/mol. The van der Waals surface area contributed by atoms with E-state index in [1.54, 1.807) is 72.4 Å². The van der Waals surface area contributed by atoms with Gasteiger partial charge in [0.2, 0.25) is 35.4 Å². The maximum atomic E-state index is 15.3. The number of likely N-dealkylation sites (N-methyl/N-ethyl adjacent to an activating group) is 2. The first-order valence-electron chi connectivity index (χ1n) is 33.4. The smallest absolute Gasteiger partial charge is 0.410 e. The summed E-state index contributed by atoms with van der Waals surface area (Å²) >= 11 is 0. The van der Waals surface area contributed by atoms with E-state index in [1.807, 2.05) is 102 Å². The fourth-order valence-electron chi connectivity index (χ4n) is 12.9. The Bertz CT molecular complexity index is 3470. The summed E-state index contributed by atoms with van der Waals surface area (Å²) in [5.41, 5.74) is 5.34. The van der Waals surface area contributed by atoms with E-state index in [1.165, 1.54) is 34.4 Å². The van der Waals surface area contributed by atoms with Gasteiger partial charge in [0.25, 0.3) is 5.91 Å². The van der Waals surface area contributed by atoms with Gasteiger partial charge in [-0.1, -0.05) is 120 Å². The molecule has 0 spiro atoms. The van der Waals surface area contributed by atoms with Crippen LogP contribution in [0.1, 0.15) is 196 Å². The molecule has 9 unspecified atom stereocenters. The van der Waals surface area contributed by atoms with Crippen molar-refractivity contribution in [1.29, 1.82) is 0 Å². The van der Waals surface area contributed by atoms with E-state index in [0.29, 0.717) is 18.4 Å². The van der Waals surface area contributed by atoms with Gasteiger partial charge in [0.1, 0.15) is 47.5 Å². The van der Waals surface area contributed by atoms with Crippen LogP contribution in [0.3, 0.4) is 0 Å². The molecule has 4 aromatic carbocycles. The second-order valence-electron chi connectivity index (χ2n) is 30.4. The zero-order valence-corrected chi connectivity index (χ0v) is 58.1. The molecular weight excluding hydrogens is 1190 g/mol. The molecule has 8 rings (SSSR count). The number of hydrogen-bond donors (Lipinski definition) is 5. The Morgan fingerprint density at radius 2 is 0.979 bits per heavy atom. The number of likely N-dealkylation sites (tertiary alicyclic amines) is 1. The monoisotopic (exact) mass is 1290 g/mol. The molecule has 2 heterocycles. The summed E-state index contributed by atoms with van der Waals surface area (Å²) in [6, 6.07) is 22.4. The van der Waals surface area contributed by atoms with Crippen LogP contribution in [0.15, 0.2) is 91.0 Å². The highest BCUT2D eigenvalue weighted by molar-refractivity contribution is 5.97. The number of nitrogens with one attached hydrogen (secondary N) is 5. The molecule has 0 radical (unpaired) electrons. The maximum absolute atomic E-state index is 15.3. The summed E-state index contributed by atoms with van der Waals surface area (Å²) in [5, 5.41) is 15.6. The Labute approximate surface area is 555 Å². The topological polar surface area (TPSA) is 245 Å². The molecule has 1 saturated heterocycles. The summed E-state index contributed by atoms with van der Waals surface area (Å²) < 4.78 is 11.1. The summed E-state index contributed by atoms with van der Waals surface area (Å²) in [5.74, 6) is -3.07. The molecule has 0 saturated carbocycles. The molecule has 0 bridgehead atoms. The van der Waals surface area contributed by atoms with E-state index in [9.17, 15) is 33.6 Å². The Hall–Kier alpha value is -8.29. The molecule has 9 amide bonds. The minimum atomic E-state index is -1.12. The fraction of sp³-hybridized carbons (Fsp3) is 0.554. The number of carbonyl (C=O) groups is 9. The molecule has 0 aromatic heterocycles. The summed E-state index contributed by atoms with van der Waals surface area (Å²) in [7, 11) is 2.94. The minimum absolute atomic E-state index is 0.00391. The van der Waals surface area contributed by atoms with E-state index in [0.717, 1.165) is 77.5 Å². The quantitative estimate of drug-likeness (QED) is 0.0667. The lowest BCUT2D eigenvalue weighted by Crippen LogP contribution is -2.62. The van der Waals surface area contributed by atoms with Crippen molar-refractivity contribution in [3.63, 3.8) is 0 Å². The highest BCUT2D eigenvalue weighted by Crippen LogP contribution is 2.35. The Morgan fingerprint density at radius 1 is 0.532 bits per heavy atom. The minimum Gasteiger partial charge on any atom is -0.444 e. The van der Waals surface area contributed by atoms with Crippen LogP contribution in [0.4, 0.5) is 9.59 Å². The molecule has 4 aliphatic rings. The van der Waals surface area contributed by atoms with Crippen LogP contribution in [-0.2, 0) is 76.9 Å². The van der Waals surface area contributed by atoms with Gasteiger partial charge in [0, 0.05) is 45.2 Å². The largest absolute Gasteiger partial charge is 0.444 e. The molecule has 9 atom stereocenters. The number of rotatable bonds is 17. The molecule has 4 aromatic rings. The SMILES string of the molecule is CC(C(=O)NC(C(=O)N1Cc2cc(CCc3ccc(C(=O)NC4CC(C(=O)NC5CCCc6ccccc65)N(C(=O)C(NC(=O)C(C)N(C)C(=O)OC(C)(C)C)C(C)(C)C)C4)cc3)ccc2CC1C(=O)NC1CCCc2ccccc21)C(C)(C)C)N(C)C(=O)OC(C)(C)C. The predicted molar refractivity (Wildman–Crippen MR) is 360 cm³/mol. The van der Waals surface area contributed by atoms with Crippen LogP contribution >= 0.6 is 0 Å². The molecule has 20 heteroatoms. The van der Waals surface area contributed by atoms with Gasteiger partial charge in [0.15, 0.2) is 0 Å². The van der Waals surface area contributed by atoms with Crippen LogP contribution in [-0.4, -0.2) is 147 Å². The summed E-state index contributed by atoms with van der Waals surface area (Å²) in [6.45, 7) is 24.7. The van der Waals surface area contributed by atoms with Crippen molar-refractivity contribution in [3.05, 3.63) is 141 Å². The highest BCUT2D eigenvalue weighted by Gasteiger charge is 2.48. The van der Waals surface area contributed by atoms with Gasteiger partial charge in [-0.15, -0.1) is 0 Å². The van der Waals surface area contributed by atoms with Crippen molar-refractivity contribution in [2.45, 2.75) is 233 Å². The van der Waals surface area contributed by atoms with Crippen molar-refractivity contribution in [2.24, 2.45) is 10.8 Å². The normalized spacial score (nSPS) is 20.1. The number of nitrogens with zero attached hydrogens (tertiary/aromatic N) is 4. The van der Waals surface area contributed by atoms with E-state index >= 15 is 9.59 Å². The van der Waals surface area contributed by atoms with E-state index in [4.69, 9.17) is 9.47 Å². The van der Waals surface area contributed by atoms with Gasteiger partial charge in [-0.2, -0.15) is 0 Å². The van der Waals surface area contributed by atoms with Gasteiger partial charge in [-0.25, -0.2) is 9.59 Å². The average Bonchev–Trinajstić information content (AvgIpc) is 1.02. The molecule has 2 aliphatic heterocycles. The summed E-state index contributed by atoms with van der Waals surface area (Å²) in [6.07, 6.45) is 5.27. The standard InChI is InChI=1S/C74H101N9O11/c1-44(80(15)69(91)93-73(9,10)11)62(84)78-60(71(3,4)5)67(89)82-42-52-39-47(35-38-51(52)40-58(82)65(87)76-56-29-21-25-48-23-17-19-27-54(48)56)32-31-46-33-36-50(37-34-46)64(86)75-53-41-59(66(88)77-57-30-22-26-49-24-18-20-28-55(49)57)83(43-53)68(90)61(72(6,7)8)79-63(85)45(2)81(16)70(92)94-74(12,13)14/h17-20,23-24,27-28,33-39,44-45,53,56-61H,21-22,25-26,29-32,40-43H2,1-16H3,(H,75,86)(H,76,87)(H,77,88)(H,78,84)(H,79,85). The first-order chi connectivity index (χ1) is 44.0. The maximum Gasteiger partial charge on any atom is 0.410 e. The lowest BCUT2D eigenvalue weighted by atomic mass is 9.83. The number of benzene rings is 4. The molecule has 94 heavy (non-hydrogen) atoms. The third-order valence-corrected chi connectivity index (χ3v) is 18.6. The van der Waals surface area contributed by atoms with E-state index in [-0.39, 0.29) is 55.7 Å². The number of amides is 9. The third kappa shape index (κ3) is 17.7. The lowest BCUT2D eigenvalue weighted by Gasteiger charge is -2.42. The Morgan fingerprint density at radius 3 is 1.46 bits per heavy atom. The number of hydrogen-bond acceptors (Lipinski definition) is 11. The van der Waals surface area contributed by atoms with Crippen molar-refractivity contribution >= 4 is 53.5 Å². The van der Waals surface area contributed by atoms with Crippen LogP contribution in [0, 0.1) is 10.8 Å². The Balaban J connectivity index is 0.971. The first kappa shape index (κ1) is 71.6. The molecule has 1 fully saturated rings. The fourth-order valence-corrected chi connectivity index (χ4v) is 12.9. The number of fused-ring (bicyclic) bond motifs is 3. The summed E-state index contributed by atoms with van der Waals surface area (Å²) in [4.78, 5) is 133. The van der Waals surface area contributed by atoms with E-state index < -0.39 is 100 Å². The molecular formula is C74H101N9O11. The second kappa shape index (κ2) is 29.1. The highest BCUT2D eigenvalue weighted by atomic mass is 16.6. The molecule has 5 N–H and O–H groups in total. The number of carbonyl (C=O) groups excluding carboxylic acids is 9. The number of ether oxygens (including phenoxy) is 2. The van der Waals surface area contributed by atoms with Crippen LogP contribution < -0.4 is 26.6 Å². The second-order valence-corrected chi connectivity index (χ2v) is 30.4. The van der Waals surface area contributed by atoms with Crippen molar-refractivity contribution in [1.82, 2.24) is 46.2 Å². The van der Waals surface area contributed by atoms with Crippen LogP contribution in [0.25, 0.3) is 0 Å². The van der Waals surface area contributed by atoms with Gasteiger partial charge < -0.3 is 45.9 Å².